The molecule has 0 radical (unpaired) electrons. The Labute approximate surface area is 196 Å². The highest BCUT2D eigenvalue weighted by Gasteiger charge is 2.33. The van der Waals surface area contributed by atoms with Crippen LogP contribution in [0.3, 0.4) is 0 Å². The van der Waals surface area contributed by atoms with E-state index in [9.17, 15) is 9.00 Å². The van der Waals surface area contributed by atoms with Gasteiger partial charge in [-0.1, -0.05) is 29.8 Å². The van der Waals surface area contributed by atoms with Gasteiger partial charge in [0.2, 0.25) is 0 Å². The lowest BCUT2D eigenvalue weighted by atomic mass is 9.90. The third kappa shape index (κ3) is 4.45. The minimum Gasteiger partial charge on any atom is -0.465 e. The summed E-state index contributed by atoms with van der Waals surface area (Å²) >= 11 is 6.12. The largest absolute Gasteiger partial charge is 0.465 e. The van der Waals surface area contributed by atoms with Crippen LogP contribution in [0.15, 0.2) is 59.5 Å². The Hall–Kier alpha value is -2.64. The maximum absolute atomic E-state index is 12.0. The van der Waals surface area contributed by atoms with Crippen LogP contribution in [-0.2, 0) is 15.5 Å². The van der Waals surface area contributed by atoms with Gasteiger partial charge in [0.25, 0.3) is 0 Å². The van der Waals surface area contributed by atoms with Crippen molar-refractivity contribution in [3.63, 3.8) is 0 Å². The van der Waals surface area contributed by atoms with Crippen molar-refractivity contribution in [3.05, 3.63) is 81.8 Å². The Balaban J connectivity index is 1.77. The zero-order valence-electron chi connectivity index (χ0n) is 18.4. The lowest BCUT2D eigenvalue weighted by Gasteiger charge is -2.42. The summed E-state index contributed by atoms with van der Waals surface area (Å²) in [6.45, 7) is 3.47. The SMILES string of the molecule is COC(=O)c1ccc(C2C(c3ccc(Cl)cc3)=NC=C(N3CCS(=O)CC3)N2C)c(C)c1. The lowest BCUT2D eigenvalue weighted by Crippen LogP contribution is -2.45. The Bertz CT molecular complexity index is 1100. The van der Waals surface area contributed by atoms with E-state index in [1.807, 2.05) is 49.5 Å². The Morgan fingerprint density at radius 3 is 2.47 bits per heavy atom. The monoisotopic (exact) mass is 471 g/mol. The van der Waals surface area contributed by atoms with Gasteiger partial charge >= 0.3 is 5.97 Å². The fraction of sp³-hybridized carbons (Fsp3) is 0.333. The van der Waals surface area contributed by atoms with E-state index in [1.54, 1.807) is 6.07 Å². The highest BCUT2D eigenvalue weighted by atomic mass is 35.5. The molecule has 168 valence electrons. The second-order valence-corrected chi connectivity index (χ2v) is 10.1. The molecule has 0 bridgehead atoms. The van der Waals surface area contributed by atoms with E-state index < -0.39 is 10.8 Å². The van der Waals surface area contributed by atoms with Crippen molar-refractivity contribution in [1.82, 2.24) is 9.80 Å². The van der Waals surface area contributed by atoms with Gasteiger partial charge in [-0.3, -0.25) is 9.20 Å². The number of methoxy groups -OCH3 is 1. The predicted molar refractivity (Wildman–Crippen MR) is 129 cm³/mol. The minimum atomic E-state index is -0.752. The lowest BCUT2D eigenvalue weighted by molar-refractivity contribution is 0.0600. The van der Waals surface area contributed by atoms with Crippen molar-refractivity contribution < 1.29 is 13.7 Å². The van der Waals surface area contributed by atoms with Gasteiger partial charge in [0.15, 0.2) is 0 Å². The molecule has 2 aromatic carbocycles. The number of carbonyl (C=O) groups excluding carboxylic acids is 1. The molecule has 0 aliphatic carbocycles. The van der Waals surface area contributed by atoms with Crippen LogP contribution < -0.4 is 0 Å². The van der Waals surface area contributed by atoms with Gasteiger partial charge in [-0.05, 0) is 47.9 Å². The van der Waals surface area contributed by atoms with Crippen molar-refractivity contribution >= 4 is 34.1 Å². The second kappa shape index (κ2) is 9.46. The first-order chi connectivity index (χ1) is 15.4. The quantitative estimate of drug-likeness (QED) is 0.635. The molecule has 1 atom stereocenters. The summed E-state index contributed by atoms with van der Waals surface area (Å²) < 4.78 is 16.7. The maximum Gasteiger partial charge on any atom is 0.337 e. The van der Waals surface area contributed by atoms with Crippen LogP contribution >= 0.6 is 11.6 Å². The number of ether oxygens (including phenoxy) is 1. The third-order valence-electron chi connectivity index (χ3n) is 5.95. The topological polar surface area (TPSA) is 62.2 Å². The molecule has 2 heterocycles. The molecule has 0 aromatic heterocycles. The molecule has 1 saturated heterocycles. The first-order valence-electron chi connectivity index (χ1n) is 10.4. The molecule has 2 aliphatic heterocycles. The Morgan fingerprint density at radius 1 is 1.16 bits per heavy atom. The summed E-state index contributed by atoms with van der Waals surface area (Å²) in [5.41, 5.74) is 4.44. The number of nitrogens with zero attached hydrogens (tertiary/aromatic N) is 3. The van der Waals surface area contributed by atoms with Crippen LogP contribution in [0, 0.1) is 6.92 Å². The first kappa shape index (κ1) is 22.6. The average molecular weight is 472 g/mol. The van der Waals surface area contributed by atoms with Crippen LogP contribution in [-0.4, -0.2) is 64.4 Å². The molecule has 2 aliphatic rings. The van der Waals surface area contributed by atoms with Gasteiger partial charge in [0.05, 0.1) is 30.6 Å². The molecule has 0 saturated carbocycles. The minimum absolute atomic E-state index is 0.157. The van der Waals surface area contributed by atoms with E-state index in [-0.39, 0.29) is 12.0 Å². The van der Waals surface area contributed by atoms with E-state index in [4.69, 9.17) is 21.3 Å². The fourth-order valence-corrected chi connectivity index (χ4v) is 5.39. The summed E-state index contributed by atoms with van der Waals surface area (Å²) in [5, 5.41) is 0.672. The summed E-state index contributed by atoms with van der Waals surface area (Å²) in [4.78, 5) is 21.4. The van der Waals surface area contributed by atoms with Crippen molar-refractivity contribution in [2.75, 3.05) is 38.8 Å². The zero-order chi connectivity index (χ0) is 22.8. The average Bonchev–Trinajstić information content (AvgIpc) is 2.80. The number of hydrogen-bond donors (Lipinski definition) is 0. The van der Waals surface area contributed by atoms with Crippen molar-refractivity contribution in [2.24, 2.45) is 4.99 Å². The van der Waals surface area contributed by atoms with Crippen molar-refractivity contribution in [3.8, 4) is 0 Å². The number of aryl methyl sites for hydroxylation is 1. The van der Waals surface area contributed by atoms with Crippen LogP contribution in [0.1, 0.15) is 33.1 Å². The Kier molecular flexibility index (Phi) is 6.67. The van der Waals surface area contributed by atoms with Crippen LogP contribution in [0.5, 0.6) is 0 Å². The number of aliphatic imine (C=N–C) groups is 1. The molecule has 8 heteroatoms. The predicted octanol–water partition coefficient (Wildman–Crippen LogP) is 3.77. The number of halogens is 1. The molecule has 0 N–H and O–H groups in total. The standard InChI is InChI=1S/C24H26ClN3O3S/c1-16-14-18(24(29)31-3)6-9-20(16)23-22(17-4-7-19(25)8-5-17)26-15-21(27(23)2)28-10-12-32(30)13-11-28/h4-9,14-15,23H,10-13H2,1-3H3. The normalized spacial score (nSPS) is 19.4. The smallest absolute Gasteiger partial charge is 0.337 e. The molecule has 6 nitrogen and oxygen atoms in total. The summed E-state index contributed by atoms with van der Waals surface area (Å²) in [6.07, 6.45) is 1.90. The zero-order valence-corrected chi connectivity index (χ0v) is 19.9. The molecule has 4 rings (SSSR count). The maximum atomic E-state index is 12.0. The summed E-state index contributed by atoms with van der Waals surface area (Å²) in [7, 11) is 2.69. The van der Waals surface area contributed by atoms with E-state index in [2.05, 4.69) is 16.8 Å². The molecule has 1 unspecified atom stereocenters. The van der Waals surface area contributed by atoms with E-state index >= 15 is 0 Å². The summed E-state index contributed by atoms with van der Waals surface area (Å²) in [6, 6.07) is 13.1. The van der Waals surface area contributed by atoms with Gasteiger partial charge in [0.1, 0.15) is 5.82 Å². The summed E-state index contributed by atoms with van der Waals surface area (Å²) in [5.74, 6) is 1.97. The number of likely N-dealkylation sites (N-methyl/N-ethyl adjacent to an activating group) is 1. The molecule has 32 heavy (non-hydrogen) atoms. The van der Waals surface area contributed by atoms with Gasteiger partial charge in [-0.15, -0.1) is 0 Å². The van der Waals surface area contributed by atoms with E-state index in [0.717, 1.165) is 41.3 Å². The van der Waals surface area contributed by atoms with E-state index in [0.29, 0.717) is 22.1 Å². The van der Waals surface area contributed by atoms with Crippen LogP contribution in [0.2, 0.25) is 5.02 Å². The van der Waals surface area contributed by atoms with E-state index in [1.165, 1.54) is 7.11 Å². The number of rotatable bonds is 4. The molecule has 0 spiro atoms. The molecular weight excluding hydrogens is 446 g/mol. The molecule has 1 fully saturated rings. The molecule has 2 aromatic rings. The van der Waals surface area contributed by atoms with Gasteiger partial charge in [-0.2, -0.15) is 0 Å². The van der Waals surface area contributed by atoms with Crippen LogP contribution in [0.25, 0.3) is 0 Å². The molecule has 0 amide bonds. The van der Waals surface area contributed by atoms with Crippen molar-refractivity contribution in [2.45, 2.75) is 13.0 Å². The third-order valence-corrected chi connectivity index (χ3v) is 7.48. The highest BCUT2D eigenvalue weighted by Crippen LogP contribution is 2.35. The number of hydrogen-bond acceptors (Lipinski definition) is 6. The molecular formula is C24H26ClN3O3S. The number of esters is 1. The van der Waals surface area contributed by atoms with Gasteiger partial charge in [-0.25, -0.2) is 4.79 Å². The Morgan fingerprint density at radius 2 is 1.84 bits per heavy atom. The van der Waals surface area contributed by atoms with Gasteiger partial charge < -0.3 is 14.5 Å². The number of benzene rings is 2. The number of carbonyl (C=O) groups is 1. The second-order valence-electron chi connectivity index (χ2n) is 7.92. The van der Waals surface area contributed by atoms with Gasteiger partial charge in [0, 0.05) is 47.5 Å². The van der Waals surface area contributed by atoms with Crippen molar-refractivity contribution in [1.29, 1.82) is 0 Å². The van der Waals surface area contributed by atoms with Crippen LogP contribution in [0.4, 0.5) is 0 Å². The first-order valence-corrected chi connectivity index (χ1v) is 12.3. The fourth-order valence-electron chi connectivity index (χ4n) is 4.21. The highest BCUT2D eigenvalue weighted by molar-refractivity contribution is 7.85.